The summed E-state index contributed by atoms with van der Waals surface area (Å²) in [5.41, 5.74) is 0.994. The lowest BCUT2D eigenvalue weighted by atomic mass is 10.0. The maximum atomic E-state index is 13.2. The molecule has 0 aliphatic carbocycles. The van der Waals surface area contributed by atoms with Crippen molar-refractivity contribution in [3.8, 4) is 11.1 Å². The molecule has 3 heterocycles. The van der Waals surface area contributed by atoms with Crippen LogP contribution >= 0.6 is 0 Å². The molecule has 1 aliphatic heterocycles. The summed E-state index contributed by atoms with van der Waals surface area (Å²) in [6, 6.07) is 7.42. The number of rotatable bonds is 7. The number of carbonyl (C=O) groups is 2. The molecule has 2 aromatic heterocycles. The quantitative estimate of drug-likeness (QED) is 0.414. The normalized spacial score (nSPS) is 13.7. The highest BCUT2D eigenvalue weighted by molar-refractivity contribution is 6.04. The zero-order chi connectivity index (χ0) is 28.2. The number of pyridine rings is 2. The molecule has 0 radical (unpaired) electrons. The van der Waals surface area contributed by atoms with Crippen LogP contribution in [0.25, 0.3) is 11.1 Å². The van der Waals surface area contributed by atoms with E-state index in [1.165, 1.54) is 16.8 Å². The van der Waals surface area contributed by atoms with Gasteiger partial charge >= 0.3 is 12.3 Å². The minimum absolute atomic E-state index is 0.00552. The summed E-state index contributed by atoms with van der Waals surface area (Å²) in [7, 11) is 0. The topological polar surface area (TPSA) is 126 Å². The zero-order valence-corrected chi connectivity index (χ0v) is 20.9. The molecular formula is C26H26F3N5O5. The summed E-state index contributed by atoms with van der Waals surface area (Å²) in [5.74, 6) is -0.739. The lowest BCUT2D eigenvalue weighted by Gasteiger charge is -2.29. The maximum Gasteiger partial charge on any atom is 0.416 e. The van der Waals surface area contributed by atoms with E-state index in [1.807, 2.05) is 4.90 Å². The van der Waals surface area contributed by atoms with Crippen molar-refractivity contribution in [2.24, 2.45) is 0 Å². The fourth-order valence-electron chi connectivity index (χ4n) is 4.18. The molecule has 13 heteroatoms. The smallest absolute Gasteiger partial charge is 0.416 e. The number of amides is 2. The summed E-state index contributed by atoms with van der Waals surface area (Å²) in [4.78, 5) is 43.1. The highest BCUT2D eigenvalue weighted by atomic mass is 19.4. The average Bonchev–Trinajstić information content (AvgIpc) is 2.90. The SMILES string of the molecule is Cc1ncc(NC(=O)c2cccc(C(F)(F)F)c2)cc1-c1cc(N2CCOCC2)c(=O)n(CCNC(=O)O)c1. The minimum Gasteiger partial charge on any atom is -0.465 e. The molecule has 1 saturated heterocycles. The van der Waals surface area contributed by atoms with Gasteiger partial charge in [-0.05, 0) is 37.3 Å². The third-order valence-corrected chi connectivity index (χ3v) is 6.16. The first-order valence-electron chi connectivity index (χ1n) is 12.0. The van der Waals surface area contributed by atoms with Crippen LogP contribution in [0.4, 0.5) is 29.3 Å². The van der Waals surface area contributed by atoms with Crippen molar-refractivity contribution in [3.05, 3.63) is 76.0 Å². The van der Waals surface area contributed by atoms with Crippen LogP contribution in [0.1, 0.15) is 21.6 Å². The number of hydrogen-bond acceptors (Lipinski definition) is 6. The lowest BCUT2D eigenvalue weighted by molar-refractivity contribution is -0.137. The number of benzene rings is 1. The molecule has 3 aromatic rings. The van der Waals surface area contributed by atoms with Crippen LogP contribution in [-0.2, 0) is 17.5 Å². The molecule has 3 N–H and O–H groups in total. The van der Waals surface area contributed by atoms with Crippen LogP contribution in [-0.4, -0.2) is 59.5 Å². The van der Waals surface area contributed by atoms with Gasteiger partial charge in [-0.1, -0.05) is 6.07 Å². The zero-order valence-electron chi connectivity index (χ0n) is 20.9. The fourth-order valence-corrected chi connectivity index (χ4v) is 4.18. The Morgan fingerprint density at radius 1 is 1.15 bits per heavy atom. The Morgan fingerprint density at radius 3 is 2.59 bits per heavy atom. The van der Waals surface area contributed by atoms with Gasteiger partial charge in [0.2, 0.25) is 0 Å². The maximum absolute atomic E-state index is 13.2. The first-order chi connectivity index (χ1) is 18.5. The highest BCUT2D eigenvalue weighted by Gasteiger charge is 2.31. The van der Waals surface area contributed by atoms with Crippen LogP contribution in [0.5, 0.6) is 0 Å². The molecule has 39 heavy (non-hydrogen) atoms. The summed E-state index contributed by atoms with van der Waals surface area (Å²) >= 11 is 0. The Balaban J connectivity index is 1.68. The number of alkyl halides is 3. The molecule has 2 amide bonds. The first kappa shape index (κ1) is 27.6. The Hall–Kier alpha value is -4.39. The first-order valence-corrected chi connectivity index (χ1v) is 12.0. The van der Waals surface area contributed by atoms with E-state index in [-0.39, 0.29) is 29.9 Å². The number of anilines is 2. The van der Waals surface area contributed by atoms with E-state index >= 15 is 0 Å². The number of aryl methyl sites for hydroxylation is 1. The third kappa shape index (κ3) is 6.74. The van der Waals surface area contributed by atoms with E-state index in [2.05, 4.69) is 15.6 Å². The van der Waals surface area contributed by atoms with Gasteiger partial charge in [0, 0.05) is 54.8 Å². The van der Waals surface area contributed by atoms with Gasteiger partial charge in [-0.3, -0.25) is 14.6 Å². The van der Waals surface area contributed by atoms with Crippen molar-refractivity contribution < 1.29 is 32.6 Å². The van der Waals surface area contributed by atoms with E-state index in [1.54, 1.807) is 25.3 Å². The highest BCUT2D eigenvalue weighted by Crippen LogP contribution is 2.30. The molecule has 0 unspecified atom stereocenters. The van der Waals surface area contributed by atoms with Gasteiger partial charge in [0.25, 0.3) is 11.5 Å². The molecular weight excluding hydrogens is 519 g/mol. The number of carboxylic acid groups (broad SMARTS) is 1. The second-order valence-corrected chi connectivity index (χ2v) is 8.83. The van der Waals surface area contributed by atoms with E-state index in [0.717, 1.165) is 18.2 Å². The minimum atomic E-state index is -4.59. The predicted molar refractivity (Wildman–Crippen MR) is 137 cm³/mol. The number of aromatic nitrogens is 2. The van der Waals surface area contributed by atoms with Gasteiger partial charge in [-0.25, -0.2) is 4.79 Å². The average molecular weight is 546 g/mol. The van der Waals surface area contributed by atoms with E-state index in [0.29, 0.717) is 48.8 Å². The summed E-state index contributed by atoms with van der Waals surface area (Å²) in [5, 5.41) is 13.7. The molecule has 1 aromatic carbocycles. The van der Waals surface area contributed by atoms with Crippen molar-refractivity contribution in [2.45, 2.75) is 19.6 Å². The number of nitrogens with zero attached hydrogens (tertiary/aromatic N) is 3. The number of nitrogens with one attached hydrogen (secondary N) is 2. The monoisotopic (exact) mass is 545 g/mol. The van der Waals surface area contributed by atoms with Gasteiger partial charge in [0.1, 0.15) is 5.69 Å². The molecule has 1 aliphatic rings. The van der Waals surface area contributed by atoms with Gasteiger partial charge in [0.15, 0.2) is 0 Å². The summed E-state index contributed by atoms with van der Waals surface area (Å²) in [6.07, 6.45) is -2.83. The largest absolute Gasteiger partial charge is 0.465 e. The van der Waals surface area contributed by atoms with Crippen LogP contribution in [0.2, 0.25) is 0 Å². The Morgan fingerprint density at radius 2 is 1.90 bits per heavy atom. The van der Waals surface area contributed by atoms with Gasteiger partial charge in [-0.2, -0.15) is 13.2 Å². The van der Waals surface area contributed by atoms with Crippen molar-refractivity contribution in [1.82, 2.24) is 14.9 Å². The lowest BCUT2D eigenvalue weighted by Crippen LogP contribution is -2.41. The van der Waals surface area contributed by atoms with Crippen LogP contribution < -0.4 is 21.1 Å². The molecule has 1 fully saturated rings. The van der Waals surface area contributed by atoms with Crippen molar-refractivity contribution in [3.63, 3.8) is 0 Å². The Kier molecular flexibility index (Phi) is 8.19. The second-order valence-electron chi connectivity index (χ2n) is 8.83. The van der Waals surface area contributed by atoms with Crippen LogP contribution in [0.3, 0.4) is 0 Å². The molecule has 0 bridgehead atoms. The van der Waals surface area contributed by atoms with Crippen molar-refractivity contribution in [2.75, 3.05) is 43.1 Å². The summed E-state index contributed by atoms with van der Waals surface area (Å²) in [6.45, 7) is 3.71. The molecule has 0 saturated carbocycles. The van der Waals surface area contributed by atoms with Crippen LogP contribution in [0.15, 0.2) is 53.6 Å². The molecule has 0 spiro atoms. The standard InChI is InChI=1S/C26H26F3N5O5/c1-16-21(13-20(14-31-16)32-23(35)17-3-2-4-19(11-17)26(27,28)29)18-12-22(33-7-9-39-10-8-33)24(36)34(15-18)6-5-30-25(37)38/h2-4,11-15,30H,5-10H2,1H3,(H,32,35)(H,37,38). The fraction of sp³-hybridized carbons (Fsp3) is 0.308. The summed E-state index contributed by atoms with van der Waals surface area (Å²) < 4.78 is 46.0. The van der Waals surface area contributed by atoms with Crippen LogP contribution in [0, 0.1) is 6.92 Å². The number of ether oxygens (including phenoxy) is 1. The van der Waals surface area contributed by atoms with E-state index < -0.39 is 23.7 Å². The van der Waals surface area contributed by atoms with Crippen molar-refractivity contribution >= 4 is 23.4 Å². The predicted octanol–water partition coefficient (Wildman–Crippen LogP) is 3.59. The molecule has 206 valence electrons. The second kappa shape index (κ2) is 11.6. The Labute approximate surface area is 221 Å². The number of morpholine rings is 1. The molecule has 4 rings (SSSR count). The van der Waals surface area contributed by atoms with Crippen molar-refractivity contribution in [1.29, 1.82) is 0 Å². The van der Waals surface area contributed by atoms with Gasteiger partial charge < -0.3 is 29.9 Å². The van der Waals surface area contributed by atoms with E-state index in [9.17, 15) is 27.6 Å². The third-order valence-electron chi connectivity index (χ3n) is 6.16. The van der Waals surface area contributed by atoms with Gasteiger partial charge in [-0.15, -0.1) is 0 Å². The van der Waals surface area contributed by atoms with E-state index in [4.69, 9.17) is 9.84 Å². The molecule has 0 atom stereocenters. The Bertz CT molecular complexity index is 1430. The number of halogens is 3. The number of carbonyl (C=O) groups excluding carboxylic acids is 1. The molecule has 10 nitrogen and oxygen atoms in total. The number of hydrogen-bond donors (Lipinski definition) is 3. The van der Waals surface area contributed by atoms with Gasteiger partial charge in [0.05, 0.1) is 30.7 Å².